The van der Waals surface area contributed by atoms with E-state index in [4.69, 9.17) is 33.2 Å². The molecule has 0 fully saturated rings. The Morgan fingerprint density at radius 2 is 0.596 bits per heavy atom. The van der Waals surface area contributed by atoms with E-state index in [0.717, 1.165) is 77.8 Å². The van der Waals surface area contributed by atoms with Crippen LogP contribution in [0.5, 0.6) is 0 Å². The van der Waals surface area contributed by atoms with Crippen LogP contribution in [0.25, 0.3) is 0 Å². The molecule has 0 radical (unpaired) electrons. The predicted octanol–water partition coefficient (Wildman–Crippen LogP) is 15.3. The molecule has 340 valence electrons. The van der Waals surface area contributed by atoms with E-state index in [-0.39, 0.29) is 12.6 Å². The summed E-state index contributed by atoms with van der Waals surface area (Å²) in [5.74, 6) is 0. The number of rotatable bonds is 48. The number of hydrogen-bond acceptors (Lipinski definition) is 7. The van der Waals surface area contributed by atoms with Crippen molar-refractivity contribution in [3.63, 3.8) is 0 Å². The quantitative estimate of drug-likeness (QED) is 0.0344. The Morgan fingerprint density at radius 3 is 0.860 bits per heavy atom. The first kappa shape index (κ1) is 56.2. The van der Waals surface area contributed by atoms with Crippen LogP contribution in [0.4, 0.5) is 0 Å². The molecule has 0 N–H and O–H groups in total. The van der Waals surface area contributed by atoms with Crippen molar-refractivity contribution in [2.75, 3.05) is 40.6 Å². The van der Waals surface area contributed by atoms with E-state index in [9.17, 15) is 0 Å². The summed E-state index contributed by atoms with van der Waals surface area (Å²) in [4.78, 5) is 0. The highest BCUT2D eigenvalue weighted by Gasteiger charge is 2.12. The van der Waals surface area contributed by atoms with Crippen molar-refractivity contribution >= 4 is 0 Å². The van der Waals surface area contributed by atoms with Gasteiger partial charge in [-0.3, -0.25) is 0 Å². The Kier molecular flexibility index (Phi) is 47.2. The lowest BCUT2D eigenvalue weighted by Gasteiger charge is -2.18. The molecule has 0 spiro atoms. The van der Waals surface area contributed by atoms with Gasteiger partial charge < -0.3 is 33.2 Å². The van der Waals surface area contributed by atoms with Gasteiger partial charge in [0.2, 0.25) is 0 Å². The molecule has 0 aromatic heterocycles. The van der Waals surface area contributed by atoms with Gasteiger partial charge in [-0.05, 0) is 89.2 Å². The van der Waals surface area contributed by atoms with Crippen molar-refractivity contribution in [2.24, 2.45) is 0 Å². The van der Waals surface area contributed by atoms with Crippen molar-refractivity contribution in [1.82, 2.24) is 0 Å². The summed E-state index contributed by atoms with van der Waals surface area (Å²) in [5, 5.41) is 0. The lowest BCUT2D eigenvalue weighted by Crippen LogP contribution is -2.22. The monoisotopic (exact) mass is 811 g/mol. The second-order valence-corrected chi connectivity index (χ2v) is 16.2. The number of unbranched alkanes of at least 4 members (excludes halogenated alkanes) is 24. The first-order chi connectivity index (χ1) is 28.1. The number of allylic oxidation sites excluding steroid dienone is 2. The van der Waals surface area contributed by atoms with Crippen LogP contribution >= 0.6 is 0 Å². The third kappa shape index (κ3) is 41.7. The highest BCUT2D eigenvalue weighted by atomic mass is 16.8. The van der Waals surface area contributed by atoms with Crippen LogP contribution in [0.1, 0.15) is 233 Å². The van der Waals surface area contributed by atoms with Gasteiger partial charge in [0.25, 0.3) is 0 Å². The Labute approximate surface area is 355 Å². The predicted molar refractivity (Wildman–Crippen MR) is 243 cm³/mol. The van der Waals surface area contributed by atoms with Crippen molar-refractivity contribution in [3.05, 3.63) is 24.3 Å². The molecule has 0 saturated heterocycles. The van der Waals surface area contributed by atoms with Gasteiger partial charge in [-0.1, -0.05) is 168 Å². The summed E-state index contributed by atoms with van der Waals surface area (Å²) in [6, 6.07) is 0. The summed E-state index contributed by atoms with van der Waals surface area (Å²) in [6.07, 6.45) is 47.2. The summed E-state index contributed by atoms with van der Waals surface area (Å²) in [5.41, 5.74) is 0. The molecule has 2 unspecified atom stereocenters. The maximum absolute atomic E-state index is 6.02. The van der Waals surface area contributed by atoms with E-state index < -0.39 is 12.6 Å². The lowest BCUT2D eigenvalue weighted by molar-refractivity contribution is -0.188. The maximum Gasteiger partial charge on any atom is 0.179 e. The average molecular weight is 811 g/mol. The molecular weight excluding hydrogens is 713 g/mol. The summed E-state index contributed by atoms with van der Waals surface area (Å²) in [6.45, 7) is 12.1. The highest BCUT2D eigenvalue weighted by Crippen LogP contribution is 2.17. The lowest BCUT2D eigenvalue weighted by atomic mass is 10.0. The molecule has 0 heterocycles. The van der Waals surface area contributed by atoms with E-state index in [2.05, 4.69) is 39.8 Å². The molecule has 57 heavy (non-hydrogen) atoms. The van der Waals surface area contributed by atoms with Gasteiger partial charge in [0.1, 0.15) is 0 Å². The third-order valence-corrected chi connectivity index (χ3v) is 10.6. The number of methoxy groups -OCH3 is 2. The summed E-state index contributed by atoms with van der Waals surface area (Å²) >= 11 is 0. The molecule has 0 bridgehead atoms. The van der Waals surface area contributed by atoms with Gasteiger partial charge in [-0.2, -0.15) is 0 Å². The van der Waals surface area contributed by atoms with Gasteiger partial charge in [-0.25, -0.2) is 0 Å². The standard InChI is InChI=1S/C50H98O7/c1-7-11-43-53-49(54-44-12-8-2)41-37-33-29-25-21-17-15-19-23-27-31-35-39-47(51-5)57-48(52-6)40-36-32-28-24-20-16-18-22-26-30-34-38-42-50(55-45-13-9-3)56-46-14-10-4/h35-36,39-40,47-50H,7-34,37-38,41-46H2,1-6H3. The van der Waals surface area contributed by atoms with Crippen LogP contribution in [-0.4, -0.2) is 65.8 Å². The minimum Gasteiger partial charge on any atom is -0.353 e. The number of ether oxygens (including phenoxy) is 7. The Bertz CT molecular complexity index is 722. The normalized spacial score (nSPS) is 13.3. The first-order valence-corrected chi connectivity index (χ1v) is 24.7. The molecule has 0 rings (SSSR count). The zero-order chi connectivity index (χ0) is 41.5. The minimum atomic E-state index is -0.390. The smallest absolute Gasteiger partial charge is 0.179 e. The summed E-state index contributed by atoms with van der Waals surface area (Å²) in [7, 11) is 3.39. The molecule has 7 nitrogen and oxygen atoms in total. The highest BCUT2D eigenvalue weighted by molar-refractivity contribution is 4.89. The van der Waals surface area contributed by atoms with E-state index in [1.807, 2.05) is 12.2 Å². The molecule has 2 atom stereocenters. The van der Waals surface area contributed by atoms with Gasteiger partial charge in [-0.15, -0.1) is 0 Å². The molecule has 0 aliphatic heterocycles. The van der Waals surface area contributed by atoms with Crippen LogP contribution in [0.2, 0.25) is 0 Å². The van der Waals surface area contributed by atoms with Crippen molar-refractivity contribution in [3.8, 4) is 0 Å². The molecule has 0 saturated carbocycles. The SMILES string of the molecule is CCCCOC(CCCCCCCCCCCCC=CC(OC)OC(C=CCCCCCCCCCCCCC(OCCCC)OCCCC)OC)OCCCC. The largest absolute Gasteiger partial charge is 0.353 e. The molecule has 7 heteroatoms. The second kappa shape index (κ2) is 47.9. The van der Waals surface area contributed by atoms with Crippen molar-refractivity contribution in [1.29, 1.82) is 0 Å². The fraction of sp³-hybridized carbons (Fsp3) is 0.920. The van der Waals surface area contributed by atoms with Gasteiger partial charge in [0, 0.05) is 40.6 Å². The van der Waals surface area contributed by atoms with Crippen LogP contribution in [-0.2, 0) is 33.2 Å². The Balaban J connectivity index is 3.81. The van der Waals surface area contributed by atoms with Crippen LogP contribution in [0.15, 0.2) is 24.3 Å². The van der Waals surface area contributed by atoms with E-state index >= 15 is 0 Å². The van der Waals surface area contributed by atoms with Gasteiger partial charge in [0.05, 0.1) is 0 Å². The summed E-state index contributed by atoms with van der Waals surface area (Å²) < 4.78 is 41.0. The van der Waals surface area contributed by atoms with Crippen molar-refractivity contribution in [2.45, 2.75) is 258 Å². The molecule has 0 aliphatic carbocycles. The third-order valence-electron chi connectivity index (χ3n) is 10.6. The molecule has 0 amide bonds. The first-order valence-electron chi connectivity index (χ1n) is 24.7. The molecule has 0 aromatic carbocycles. The second-order valence-electron chi connectivity index (χ2n) is 16.2. The van der Waals surface area contributed by atoms with Crippen molar-refractivity contribution < 1.29 is 33.2 Å². The van der Waals surface area contributed by atoms with Gasteiger partial charge in [0.15, 0.2) is 25.2 Å². The van der Waals surface area contributed by atoms with Crippen LogP contribution in [0, 0.1) is 0 Å². The van der Waals surface area contributed by atoms with E-state index in [0.29, 0.717) is 0 Å². The zero-order valence-electron chi connectivity index (χ0n) is 38.9. The number of hydrogen-bond donors (Lipinski definition) is 0. The topological polar surface area (TPSA) is 64.6 Å². The van der Waals surface area contributed by atoms with E-state index in [1.165, 1.54) is 154 Å². The fourth-order valence-corrected chi connectivity index (χ4v) is 6.75. The Hall–Kier alpha value is -0.800. The van der Waals surface area contributed by atoms with Crippen LogP contribution < -0.4 is 0 Å². The molecular formula is C50H98O7. The molecule has 0 aliphatic rings. The van der Waals surface area contributed by atoms with Crippen LogP contribution in [0.3, 0.4) is 0 Å². The minimum absolute atomic E-state index is 0.00357. The fourth-order valence-electron chi connectivity index (χ4n) is 6.75. The zero-order valence-corrected chi connectivity index (χ0v) is 38.9. The van der Waals surface area contributed by atoms with E-state index in [1.54, 1.807) is 14.2 Å². The van der Waals surface area contributed by atoms with Gasteiger partial charge >= 0.3 is 0 Å². The maximum atomic E-state index is 6.02. The Morgan fingerprint density at radius 1 is 0.333 bits per heavy atom. The average Bonchev–Trinajstić information content (AvgIpc) is 3.22. The molecule has 0 aromatic rings.